The minimum atomic E-state index is -0.370. The van der Waals surface area contributed by atoms with Crippen molar-refractivity contribution in [1.29, 1.82) is 0 Å². The second kappa shape index (κ2) is 18.1. The Balaban J connectivity index is 0.725. The van der Waals surface area contributed by atoms with E-state index in [9.17, 15) is 19.2 Å². The van der Waals surface area contributed by atoms with Crippen LogP contribution in [0.5, 0.6) is 0 Å². The van der Waals surface area contributed by atoms with Gasteiger partial charge in [-0.2, -0.15) is 29.7 Å². The van der Waals surface area contributed by atoms with Crippen molar-refractivity contribution in [3.05, 3.63) is 175 Å². The van der Waals surface area contributed by atoms with Crippen LogP contribution in [-0.2, 0) is 9.59 Å². The second-order valence-corrected chi connectivity index (χ2v) is 18.0. The maximum absolute atomic E-state index is 13.8. The monoisotopic (exact) mass is 952 g/mol. The molecule has 4 amide bonds. The summed E-state index contributed by atoms with van der Waals surface area (Å²) in [6.45, 7) is 5.71. The maximum atomic E-state index is 13.8. The number of aromatic amines is 2. The third-order valence-corrected chi connectivity index (χ3v) is 13.6. The zero-order valence-corrected chi connectivity index (χ0v) is 38.6. The molecule has 2 saturated heterocycles. The molecule has 354 valence electrons. The molecule has 0 spiro atoms. The second-order valence-electron chi connectivity index (χ2n) is 18.0. The standard InChI is InChI=1S/C54H44N14O4/c1-2-49(69)61-37-7-3-6-33(24-37)54(72)66-23-18-35(31-66)46-27-42-40(44-29-59-68-48(44)9-5-20-57-68)25-38(62-52(42)64-46)14-15-50(70)60-36-12-10-32(11-13-36)53(71)65-22-17-34(30-65)45-26-41-39(16-21-55-51(41)63-45)43-28-58-67-47(43)8-4-19-56-67/h2-16,19-21,24-29,34-35H,1,17-18,22-23,30-31H2,(H,55,63)(H,60,70)(H,61,69)(H,62,64)/b15-14+/t34-,35-/m0/s1. The first-order valence-corrected chi connectivity index (χ1v) is 23.5. The van der Waals surface area contributed by atoms with Gasteiger partial charge < -0.3 is 30.4 Å². The number of pyridine rings is 2. The topological polar surface area (TPSA) is 217 Å². The third kappa shape index (κ3) is 8.19. The van der Waals surface area contributed by atoms with Gasteiger partial charge in [0.1, 0.15) is 11.3 Å². The summed E-state index contributed by atoms with van der Waals surface area (Å²) in [5, 5.41) is 25.1. The molecule has 12 rings (SSSR count). The number of H-pyrrole nitrogens is 2. The predicted molar refractivity (Wildman–Crippen MR) is 272 cm³/mol. The van der Waals surface area contributed by atoms with Crippen LogP contribution in [0, 0.1) is 0 Å². The van der Waals surface area contributed by atoms with E-state index >= 15 is 0 Å². The molecule has 10 aromatic rings. The fourth-order valence-electron chi connectivity index (χ4n) is 9.98. The molecule has 0 unspecified atom stereocenters. The van der Waals surface area contributed by atoms with Crippen LogP contribution in [0.2, 0.25) is 0 Å². The molecule has 0 aliphatic carbocycles. The van der Waals surface area contributed by atoms with E-state index in [4.69, 9.17) is 4.98 Å². The molecule has 2 fully saturated rings. The van der Waals surface area contributed by atoms with E-state index < -0.39 is 0 Å². The van der Waals surface area contributed by atoms with Crippen LogP contribution in [0.25, 0.3) is 61.4 Å². The van der Waals surface area contributed by atoms with Crippen molar-refractivity contribution in [3.8, 4) is 22.3 Å². The molecule has 2 aromatic carbocycles. The minimum absolute atomic E-state index is 0.00960. The molecule has 0 saturated carbocycles. The van der Waals surface area contributed by atoms with Crippen LogP contribution in [-0.4, -0.2) is 109 Å². The van der Waals surface area contributed by atoms with Crippen molar-refractivity contribution in [1.82, 2.24) is 59.4 Å². The van der Waals surface area contributed by atoms with Gasteiger partial charge in [0.15, 0.2) is 0 Å². The van der Waals surface area contributed by atoms with Gasteiger partial charge in [0.05, 0.1) is 29.1 Å². The fourth-order valence-corrected chi connectivity index (χ4v) is 9.98. The van der Waals surface area contributed by atoms with Crippen molar-refractivity contribution >= 4 is 74.2 Å². The molecule has 18 heteroatoms. The van der Waals surface area contributed by atoms with Crippen molar-refractivity contribution in [2.24, 2.45) is 0 Å². The minimum Gasteiger partial charge on any atom is -0.343 e. The van der Waals surface area contributed by atoms with Crippen LogP contribution in [0.15, 0.2) is 147 Å². The van der Waals surface area contributed by atoms with E-state index in [0.717, 1.165) is 73.9 Å². The van der Waals surface area contributed by atoms with E-state index in [1.165, 1.54) is 12.2 Å². The fraction of sp³-hybridized carbons (Fsp3) is 0.148. The Kier molecular flexibility index (Phi) is 11.0. The molecule has 2 atom stereocenters. The summed E-state index contributed by atoms with van der Waals surface area (Å²) in [6, 6.07) is 29.6. The lowest BCUT2D eigenvalue weighted by Crippen LogP contribution is -2.28. The molecule has 10 heterocycles. The number of nitrogens with one attached hydrogen (secondary N) is 4. The van der Waals surface area contributed by atoms with E-state index in [1.807, 2.05) is 52.4 Å². The lowest BCUT2D eigenvalue weighted by atomic mass is 10.0. The molecule has 0 radical (unpaired) electrons. The van der Waals surface area contributed by atoms with Gasteiger partial charge in [0.2, 0.25) is 11.8 Å². The molecule has 2 aliphatic heterocycles. The number of amides is 4. The Bertz CT molecular complexity index is 3830. The first-order chi connectivity index (χ1) is 35.2. The number of benzene rings is 2. The summed E-state index contributed by atoms with van der Waals surface area (Å²) in [5.41, 5.74) is 11.4. The number of aromatic nitrogens is 10. The van der Waals surface area contributed by atoms with Crippen LogP contribution >= 0.6 is 0 Å². The Morgan fingerprint density at radius 2 is 1.22 bits per heavy atom. The number of carbonyl (C=O) groups excluding carboxylic acids is 4. The Morgan fingerprint density at radius 1 is 0.597 bits per heavy atom. The highest BCUT2D eigenvalue weighted by molar-refractivity contribution is 6.04. The van der Waals surface area contributed by atoms with Gasteiger partial charge in [0.25, 0.3) is 11.8 Å². The SMILES string of the molecule is C=CC(=O)Nc1cccc(C(=O)N2CC[C@H](c3cc4c(-c5cnn6ncccc56)cc(/C=C/C(=O)Nc5ccc(C(=O)N6CC[C@H](c7cc8c(-c9cnn%10ncccc9%10)ccnc8[nH]7)C6)cc5)nc4[nH]3)C2)c1. The highest BCUT2D eigenvalue weighted by atomic mass is 16.2. The molecule has 72 heavy (non-hydrogen) atoms. The average molecular weight is 953 g/mol. The number of hydrogen-bond donors (Lipinski definition) is 4. The van der Waals surface area contributed by atoms with Gasteiger partial charge in [-0.3, -0.25) is 19.2 Å². The molecular weight excluding hydrogens is 909 g/mol. The zero-order chi connectivity index (χ0) is 48.9. The summed E-state index contributed by atoms with van der Waals surface area (Å²) in [5.74, 6) is -0.799. The first-order valence-electron chi connectivity index (χ1n) is 23.5. The van der Waals surface area contributed by atoms with E-state index in [0.29, 0.717) is 60.0 Å². The summed E-state index contributed by atoms with van der Waals surface area (Å²) in [7, 11) is 0. The molecule has 8 aromatic heterocycles. The zero-order valence-electron chi connectivity index (χ0n) is 38.6. The van der Waals surface area contributed by atoms with E-state index in [1.54, 1.807) is 88.7 Å². The summed E-state index contributed by atoms with van der Waals surface area (Å²) < 4.78 is 3.18. The normalized spacial score (nSPS) is 15.9. The van der Waals surface area contributed by atoms with Crippen molar-refractivity contribution in [3.63, 3.8) is 0 Å². The Hall–Kier alpha value is -9.58. The van der Waals surface area contributed by atoms with E-state index in [-0.39, 0.29) is 35.5 Å². The lowest BCUT2D eigenvalue weighted by molar-refractivity contribution is -0.112. The van der Waals surface area contributed by atoms with Gasteiger partial charge in [-0.15, -0.1) is 0 Å². The Labute approximate surface area is 410 Å². The number of rotatable bonds is 11. The number of fused-ring (bicyclic) bond motifs is 4. The largest absolute Gasteiger partial charge is 0.343 e. The van der Waals surface area contributed by atoms with E-state index in [2.05, 4.69) is 64.7 Å². The quantitative estimate of drug-likeness (QED) is 0.0920. The number of hydrogen-bond acceptors (Lipinski definition) is 10. The van der Waals surface area contributed by atoms with Crippen LogP contribution in [0.1, 0.15) is 62.5 Å². The predicted octanol–water partition coefficient (Wildman–Crippen LogP) is 7.89. The summed E-state index contributed by atoms with van der Waals surface area (Å²) in [4.78, 5) is 72.9. The van der Waals surface area contributed by atoms with Gasteiger partial charge >= 0.3 is 0 Å². The summed E-state index contributed by atoms with van der Waals surface area (Å²) >= 11 is 0. The summed E-state index contributed by atoms with van der Waals surface area (Å²) in [6.07, 6.45) is 14.6. The van der Waals surface area contributed by atoms with Crippen molar-refractivity contribution in [2.75, 3.05) is 36.8 Å². The highest BCUT2D eigenvalue weighted by Crippen LogP contribution is 2.38. The molecule has 2 aliphatic rings. The number of nitrogens with zero attached hydrogens (tertiary/aromatic N) is 10. The van der Waals surface area contributed by atoms with Gasteiger partial charge in [-0.1, -0.05) is 12.6 Å². The lowest BCUT2D eigenvalue weighted by Gasteiger charge is -2.17. The average Bonchev–Trinajstić information content (AvgIpc) is 4.28. The van der Waals surface area contributed by atoms with Crippen LogP contribution in [0.4, 0.5) is 11.4 Å². The first kappa shape index (κ1) is 43.7. The third-order valence-electron chi connectivity index (χ3n) is 13.6. The molecular formula is C54H44N14O4. The Morgan fingerprint density at radius 3 is 1.90 bits per heavy atom. The van der Waals surface area contributed by atoms with Gasteiger partial charge in [0, 0.05) is 118 Å². The number of likely N-dealkylation sites (tertiary alicyclic amines) is 2. The maximum Gasteiger partial charge on any atom is 0.253 e. The molecule has 18 nitrogen and oxygen atoms in total. The van der Waals surface area contributed by atoms with Gasteiger partial charge in [-0.25, -0.2) is 9.97 Å². The number of carbonyl (C=O) groups is 4. The molecule has 0 bridgehead atoms. The van der Waals surface area contributed by atoms with Crippen LogP contribution in [0.3, 0.4) is 0 Å². The van der Waals surface area contributed by atoms with Gasteiger partial charge in [-0.05, 0) is 127 Å². The van der Waals surface area contributed by atoms with Crippen molar-refractivity contribution in [2.45, 2.75) is 24.7 Å². The highest BCUT2D eigenvalue weighted by Gasteiger charge is 2.31. The van der Waals surface area contributed by atoms with Crippen LogP contribution < -0.4 is 10.6 Å². The van der Waals surface area contributed by atoms with Crippen molar-refractivity contribution < 1.29 is 19.2 Å². The number of anilines is 2. The smallest absolute Gasteiger partial charge is 0.253 e. The molecule has 4 N–H and O–H groups in total.